The molecular formula is C21H27BrN2O2. The van der Waals surface area contributed by atoms with Gasteiger partial charge in [0.05, 0.1) is 11.1 Å². The SMILES string of the molecule is CCN(CC)c1ccc(NC(=O)CCCOc2ccc(C)cc2Br)cc1. The van der Waals surface area contributed by atoms with E-state index in [0.717, 1.165) is 29.0 Å². The summed E-state index contributed by atoms with van der Waals surface area (Å²) in [4.78, 5) is 14.4. The molecule has 0 heterocycles. The van der Waals surface area contributed by atoms with Crippen LogP contribution >= 0.6 is 15.9 Å². The highest BCUT2D eigenvalue weighted by Gasteiger charge is 2.06. The third-order valence-electron chi connectivity index (χ3n) is 4.17. The number of nitrogens with zero attached hydrogens (tertiary/aromatic N) is 1. The number of rotatable bonds is 9. The number of hydrogen-bond donors (Lipinski definition) is 1. The minimum atomic E-state index is 0.00663. The van der Waals surface area contributed by atoms with Crippen LogP contribution in [0.15, 0.2) is 46.9 Å². The predicted octanol–water partition coefficient (Wildman–Crippen LogP) is 5.40. The first-order chi connectivity index (χ1) is 12.5. The lowest BCUT2D eigenvalue weighted by Crippen LogP contribution is -2.21. The number of carbonyl (C=O) groups excluding carboxylic acids is 1. The zero-order valence-electron chi connectivity index (χ0n) is 15.7. The maximum atomic E-state index is 12.1. The third kappa shape index (κ3) is 6.06. The van der Waals surface area contributed by atoms with Crippen LogP contribution in [0.3, 0.4) is 0 Å². The Kier molecular flexibility index (Phi) is 7.98. The molecule has 2 aromatic rings. The Morgan fingerprint density at radius 2 is 1.81 bits per heavy atom. The van der Waals surface area contributed by atoms with Gasteiger partial charge in [-0.15, -0.1) is 0 Å². The Morgan fingerprint density at radius 3 is 2.42 bits per heavy atom. The van der Waals surface area contributed by atoms with Gasteiger partial charge < -0.3 is 15.0 Å². The average Bonchev–Trinajstić information content (AvgIpc) is 2.62. The van der Waals surface area contributed by atoms with E-state index in [4.69, 9.17) is 4.74 Å². The molecule has 0 aliphatic rings. The van der Waals surface area contributed by atoms with Crippen molar-refractivity contribution in [3.8, 4) is 5.75 Å². The zero-order chi connectivity index (χ0) is 18.9. The third-order valence-corrected chi connectivity index (χ3v) is 4.79. The number of halogens is 1. The van der Waals surface area contributed by atoms with Crippen LogP contribution in [-0.4, -0.2) is 25.6 Å². The maximum Gasteiger partial charge on any atom is 0.224 e. The number of carbonyl (C=O) groups is 1. The molecule has 0 fully saturated rings. The summed E-state index contributed by atoms with van der Waals surface area (Å²) in [6, 6.07) is 14.0. The molecule has 0 aliphatic carbocycles. The first kappa shape index (κ1) is 20.3. The summed E-state index contributed by atoms with van der Waals surface area (Å²) in [5.74, 6) is 0.815. The van der Waals surface area contributed by atoms with E-state index in [1.54, 1.807) is 0 Å². The second kappa shape index (κ2) is 10.2. The smallest absolute Gasteiger partial charge is 0.224 e. The highest BCUT2D eigenvalue weighted by molar-refractivity contribution is 9.10. The second-order valence-electron chi connectivity index (χ2n) is 6.15. The van der Waals surface area contributed by atoms with Crippen LogP contribution in [0.5, 0.6) is 5.75 Å². The molecule has 5 heteroatoms. The summed E-state index contributed by atoms with van der Waals surface area (Å²) in [5, 5.41) is 2.94. The van der Waals surface area contributed by atoms with Crippen molar-refractivity contribution in [2.75, 3.05) is 29.9 Å². The Labute approximate surface area is 164 Å². The highest BCUT2D eigenvalue weighted by atomic mass is 79.9. The van der Waals surface area contributed by atoms with Crippen molar-refractivity contribution in [1.29, 1.82) is 0 Å². The first-order valence-corrected chi connectivity index (χ1v) is 9.86. The van der Waals surface area contributed by atoms with Gasteiger partial charge in [-0.05, 0) is 85.1 Å². The van der Waals surface area contributed by atoms with E-state index in [2.05, 4.69) is 40.0 Å². The minimum Gasteiger partial charge on any atom is -0.492 e. The van der Waals surface area contributed by atoms with Gasteiger partial charge in [-0.1, -0.05) is 6.07 Å². The minimum absolute atomic E-state index is 0.00663. The lowest BCUT2D eigenvalue weighted by Gasteiger charge is -2.21. The first-order valence-electron chi connectivity index (χ1n) is 9.07. The van der Waals surface area contributed by atoms with Gasteiger partial charge in [0, 0.05) is 30.9 Å². The molecular weight excluding hydrogens is 392 g/mol. The van der Waals surface area contributed by atoms with E-state index in [1.807, 2.05) is 49.4 Å². The van der Waals surface area contributed by atoms with Gasteiger partial charge in [0.25, 0.3) is 0 Å². The van der Waals surface area contributed by atoms with Crippen LogP contribution in [0.2, 0.25) is 0 Å². The second-order valence-corrected chi connectivity index (χ2v) is 7.01. The number of nitrogens with one attached hydrogen (secondary N) is 1. The van der Waals surface area contributed by atoms with Crippen molar-refractivity contribution in [3.63, 3.8) is 0 Å². The summed E-state index contributed by atoms with van der Waals surface area (Å²) >= 11 is 3.49. The van der Waals surface area contributed by atoms with Crippen molar-refractivity contribution in [2.24, 2.45) is 0 Å². The van der Waals surface area contributed by atoms with Gasteiger partial charge in [-0.25, -0.2) is 0 Å². The van der Waals surface area contributed by atoms with Crippen molar-refractivity contribution >= 4 is 33.2 Å². The van der Waals surface area contributed by atoms with Gasteiger partial charge >= 0.3 is 0 Å². The molecule has 0 atom stereocenters. The lowest BCUT2D eigenvalue weighted by atomic mass is 10.2. The topological polar surface area (TPSA) is 41.6 Å². The molecule has 2 aromatic carbocycles. The normalized spacial score (nSPS) is 10.5. The Balaban J connectivity index is 1.74. The molecule has 0 saturated heterocycles. The number of hydrogen-bond acceptors (Lipinski definition) is 3. The fourth-order valence-electron chi connectivity index (χ4n) is 2.71. The maximum absolute atomic E-state index is 12.1. The molecule has 0 saturated carbocycles. The van der Waals surface area contributed by atoms with Crippen molar-refractivity contribution in [2.45, 2.75) is 33.6 Å². The number of aryl methyl sites for hydroxylation is 1. The summed E-state index contributed by atoms with van der Waals surface area (Å²) in [5.41, 5.74) is 3.17. The molecule has 0 aromatic heterocycles. The molecule has 0 aliphatic heterocycles. The van der Waals surface area contributed by atoms with Crippen LogP contribution in [0, 0.1) is 6.92 Å². The monoisotopic (exact) mass is 418 g/mol. The van der Waals surface area contributed by atoms with Gasteiger partial charge in [0.1, 0.15) is 5.75 Å². The Bertz CT molecular complexity index is 712. The predicted molar refractivity (Wildman–Crippen MR) is 112 cm³/mol. The molecule has 0 spiro atoms. The van der Waals surface area contributed by atoms with E-state index >= 15 is 0 Å². The standard InChI is InChI=1S/C21H27BrN2O2/c1-4-24(5-2)18-11-9-17(10-12-18)23-21(25)7-6-14-26-20-13-8-16(3)15-19(20)22/h8-13,15H,4-7,14H2,1-3H3,(H,23,25). The quantitative estimate of drug-likeness (QED) is 0.554. The van der Waals surface area contributed by atoms with Crippen molar-refractivity contribution in [1.82, 2.24) is 0 Å². The van der Waals surface area contributed by atoms with E-state index in [1.165, 1.54) is 11.3 Å². The molecule has 0 radical (unpaired) electrons. The van der Waals surface area contributed by atoms with Gasteiger partial charge in [-0.2, -0.15) is 0 Å². The summed E-state index contributed by atoms with van der Waals surface area (Å²) in [6.07, 6.45) is 1.10. The van der Waals surface area contributed by atoms with Crippen LogP contribution in [-0.2, 0) is 4.79 Å². The van der Waals surface area contributed by atoms with Gasteiger partial charge in [-0.3, -0.25) is 4.79 Å². The molecule has 26 heavy (non-hydrogen) atoms. The number of anilines is 2. The fourth-order valence-corrected chi connectivity index (χ4v) is 3.31. The molecule has 140 valence electrons. The number of benzene rings is 2. The largest absolute Gasteiger partial charge is 0.492 e. The molecule has 0 bridgehead atoms. The lowest BCUT2D eigenvalue weighted by molar-refractivity contribution is -0.116. The number of amides is 1. The molecule has 4 nitrogen and oxygen atoms in total. The fraction of sp³-hybridized carbons (Fsp3) is 0.381. The molecule has 0 unspecified atom stereocenters. The Hall–Kier alpha value is -2.01. The molecule has 1 N–H and O–H groups in total. The number of ether oxygens (including phenoxy) is 1. The van der Waals surface area contributed by atoms with Crippen LogP contribution < -0.4 is 15.0 Å². The van der Waals surface area contributed by atoms with Crippen LogP contribution in [0.1, 0.15) is 32.3 Å². The van der Waals surface area contributed by atoms with E-state index in [0.29, 0.717) is 19.4 Å². The summed E-state index contributed by atoms with van der Waals surface area (Å²) < 4.78 is 6.67. The molecule has 2 rings (SSSR count). The molecule has 1 amide bonds. The highest BCUT2D eigenvalue weighted by Crippen LogP contribution is 2.26. The average molecular weight is 419 g/mol. The van der Waals surface area contributed by atoms with Crippen molar-refractivity contribution < 1.29 is 9.53 Å². The summed E-state index contributed by atoms with van der Waals surface area (Å²) in [7, 11) is 0. The Morgan fingerprint density at radius 1 is 1.12 bits per heavy atom. The van der Waals surface area contributed by atoms with Crippen LogP contribution in [0.4, 0.5) is 11.4 Å². The van der Waals surface area contributed by atoms with Crippen LogP contribution in [0.25, 0.3) is 0 Å². The van der Waals surface area contributed by atoms with Gasteiger partial charge in [0.15, 0.2) is 0 Å². The van der Waals surface area contributed by atoms with E-state index in [-0.39, 0.29) is 5.91 Å². The van der Waals surface area contributed by atoms with E-state index < -0.39 is 0 Å². The van der Waals surface area contributed by atoms with E-state index in [9.17, 15) is 4.79 Å². The summed E-state index contributed by atoms with van der Waals surface area (Å²) in [6.45, 7) is 8.76. The van der Waals surface area contributed by atoms with Gasteiger partial charge in [0.2, 0.25) is 5.91 Å². The zero-order valence-corrected chi connectivity index (χ0v) is 17.3. The van der Waals surface area contributed by atoms with Crippen molar-refractivity contribution in [3.05, 3.63) is 52.5 Å².